The number of hydrogen-bond acceptors (Lipinski definition) is 7. The van der Waals surface area contributed by atoms with Gasteiger partial charge in [0, 0.05) is 17.6 Å². The molecule has 2 aromatic carbocycles. The maximum atomic E-state index is 12.9. The molecule has 0 radical (unpaired) electrons. The third kappa shape index (κ3) is 4.54. The number of sulfonamides is 1. The predicted octanol–water partition coefficient (Wildman–Crippen LogP) is 3.67. The number of amides is 2. The Morgan fingerprint density at radius 1 is 0.939 bits per heavy atom. The van der Waals surface area contributed by atoms with Crippen molar-refractivity contribution in [2.45, 2.75) is 11.8 Å². The fourth-order valence-corrected chi connectivity index (χ4v) is 4.39. The molecule has 0 spiro atoms. The van der Waals surface area contributed by atoms with Crippen molar-refractivity contribution in [3.05, 3.63) is 82.2 Å². The van der Waals surface area contributed by atoms with Crippen molar-refractivity contribution in [3.8, 4) is 0 Å². The number of imide groups is 1. The minimum atomic E-state index is -3.94. The average Bonchev–Trinajstić information content (AvgIpc) is 2.97. The van der Waals surface area contributed by atoms with E-state index in [1.165, 1.54) is 36.5 Å². The van der Waals surface area contributed by atoms with Gasteiger partial charge in [0.25, 0.3) is 21.8 Å². The smallest absolute Gasteiger partial charge is 0.283 e. The topological polar surface area (TPSA) is 121 Å². The van der Waals surface area contributed by atoms with Gasteiger partial charge in [0.2, 0.25) is 5.95 Å². The van der Waals surface area contributed by atoms with Gasteiger partial charge in [-0.05, 0) is 49.4 Å². The first kappa shape index (κ1) is 22.7. The largest absolute Gasteiger partial charge is 0.350 e. The summed E-state index contributed by atoms with van der Waals surface area (Å²) in [4.78, 5) is 34.1. The summed E-state index contributed by atoms with van der Waals surface area (Å²) in [6, 6.07) is 13.5. The molecule has 12 heteroatoms. The van der Waals surface area contributed by atoms with Crippen LogP contribution in [0, 0.1) is 6.92 Å². The second-order valence-electron chi connectivity index (χ2n) is 6.86. The number of nitrogens with one attached hydrogen (secondary N) is 2. The Morgan fingerprint density at radius 2 is 1.64 bits per heavy atom. The molecule has 2 amide bonds. The second kappa shape index (κ2) is 8.81. The van der Waals surface area contributed by atoms with Crippen molar-refractivity contribution in [2.75, 3.05) is 14.9 Å². The number of anilines is 3. The summed E-state index contributed by atoms with van der Waals surface area (Å²) in [5.41, 5.74) is 1.00. The molecule has 0 atom stereocenters. The number of carbonyl (C=O) groups excluding carboxylic acids is 2. The molecule has 0 bridgehead atoms. The van der Waals surface area contributed by atoms with E-state index in [1.807, 2.05) is 0 Å². The Kier molecular flexibility index (Phi) is 6.07. The third-order valence-electron chi connectivity index (χ3n) is 4.58. The van der Waals surface area contributed by atoms with E-state index in [0.29, 0.717) is 11.4 Å². The van der Waals surface area contributed by atoms with E-state index in [0.717, 1.165) is 4.90 Å². The van der Waals surface area contributed by atoms with Gasteiger partial charge in [0.15, 0.2) is 0 Å². The van der Waals surface area contributed by atoms with E-state index in [2.05, 4.69) is 20.0 Å². The van der Waals surface area contributed by atoms with Gasteiger partial charge in [-0.2, -0.15) is 0 Å². The minimum Gasteiger partial charge on any atom is -0.350 e. The molecule has 0 saturated carbocycles. The SMILES string of the molecule is Cc1ccnc(NS(=O)(=O)c2ccc(NC3=C(Cl)C(=O)N(c4ccccc4Cl)C3=O)cc2)n1. The van der Waals surface area contributed by atoms with Crippen LogP contribution in [0.3, 0.4) is 0 Å². The molecular formula is C21H15Cl2N5O4S. The number of carbonyl (C=O) groups is 2. The molecule has 4 rings (SSSR count). The molecule has 0 aliphatic carbocycles. The van der Waals surface area contributed by atoms with E-state index >= 15 is 0 Å². The molecule has 9 nitrogen and oxygen atoms in total. The Morgan fingerprint density at radius 3 is 2.30 bits per heavy atom. The van der Waals surface area contributed by atoms with Crippen LogP contribution in [0.1, 0.15) is 5.69 Å². The summed E-state index contributed by atoms with van der Waals surface area (Å²) in [5, 5.41) is 2.68. The van der Waals surface area contributed by atoms with Crippen molar-refractivity contribution >= 4 is 62.4 Å². The Labute approximate surface area is 199 Å². The first-order chi connectivity index (χ1) is 15.7. The van der Waals surface area contributed by atoms with E-state index in [1.54, 1.807) is 31.2 Å². The predicted molar refractivity (Wildman–Crippen MR) is 124 cm³/mol. The summed E-state index contributed by atoms with van der Waals surface area (Å²) < 4.78 is 27.5. The molecule has 1 aromatic heterocycles. The van der Waals surface area contributed by atoms with Crippen molar-refractivity contribution in [1.29, 1.82) is 0 Å². The lowest BCUT2D eigenvalue weighted by Crippen LogP contribution is -2.32. The van der Waals surface area contributed by atoms with Crippen molar-refractivity contribution in [2.24, 2.45) is 0 Å². The Hall–Kier alpha value is -3.47. The third-order valence-corrected chi connectivity index (χ3v) is 6.59. The van der Waals surface area contributed by atoms with Crippen LogP contribution in [-0.2, 0) is 19.6 Å². The molecule has 3 aromatic rings. The number of nitrogens with zero attached hydrogens (tertiary/aromatic N) is 3. The van der Waals surface area contributed by atoms with Gasteiger partial charge in [-0.1, -0.05) is 35.3 Å². The lowest BCUT2D eigenvalue weighted by atomic mass is 10.3. The lowest BCUT2D eigenvalue weighted by molar-refractivity contribution is -0.120. The monoisotopic (exact) mass is 503 g/mol. The molecule has 1 aliphatic heterocycles. The normalized spacial score (nSPS) is 14.1. The summed E-state index contributed by atoms with van der Waals surface area (Å²) in [5.74, 6) is -1.46. The zero-order valence-electron chi connectivity index (χ0n) is 16.9. The minimum absolute atomic E-state index is 0.0512. The molecule has 1 aliphatic rings. The fourth-order valence-electron chi connectivity index (χ4n) is 3.00. The number of benzene rings is 2. The highest BCUT2D eigenvalue weighted by Crippen LogP contribution is 2.34. The second-order valence-corrected chi connectivity index (χ2v) is 9.33. The molecule has 168 valence electrons. The molecule has 2 heterocycles. The van der Waals surface area contributed by atoms with Gasteiger partial charge < -0.3 is 5.32 Å². The van der Waals surface area contributed by atoms with Crippen LogP contribution in [0.15, 0.2) is 76.4 Å². The van der Waals surface area contributed by atoms with Crippen LogP contribution in [0.25, 0.3) is 0 Å². The first-order valence-electron chi connectivity index (χ1n) is 9.40. The van der Waals surface area contributed by atoms with Crippen LogP contribution in [-0.4, -0.2) is 30.2 Å². The average molecular weight is 504 g/mol. The maximum absolute atomic E-state index is 12.9. The summed E-state index contributed by atoms with van der Waals surface area (Å²) in [6.07, 6.45) is 1.44. The first-order valence-corrected chi connectivity index (χ1v) is 11.6. The standard InChI is InChI=1S/C21H15Cl2N5O4S/c1-12-10-11-24-21(25-12)27-33(31,32)14-8-6-13(7-9-14)26-18-17(23)19(29)28(20(18)30)16-5-3-2-4-15(16)22/h2-11,26H,1H3,(H,24,25,27). The van der Waals surface area contributed by atoms with E-state index in [9.17, 15) is 18.0 Å². The van der Waals surface area contributed by atoms with Crippen LogP contribution < -0.4 is 14.9 Å². The summed E-state index contributed by atoms with van der Waals surface area (Å²) in [6.45, 7) is 1.71. The van der Waals surface area contributed by atoms with E-state index in [4.69, 9.17) is 23.2 Å². The zero-order chi connectivity index (χ0) is 23.8. The molecule has 0 unspecified atom stereocenters. The number of rotatable bonds is 6. The van der Waals surface area contributed by atoms with Gasteiger partial charge in [-0.15, -0.1) is 0 Å². The Balaban J connectivity index is 1.54. The van der Waals surface area contributed by atoms with Gasteiger partial charge in [0.1, 0.15) is 10.7 Å². The quantitative estimate of drug-likeness (QED) is 0.492. The maximum Gasteiger partial charge on any atom is 0.283 e. The van der Waals surface area contributed by atoms with Crippen LogP contribution in [0.4, 0.5) is 17.3 Å². The Bertz CT molecular complexity index is 1410. The molecular weight excluding hydrogens is 489 g/mol. The summed E-state index contributed by atoms with van der Waals surface area (Å²) in [7, 11) is -3.94. The van der Waals surface area contributed by atoms with Crippen LogP contribution >= 0.6 is 23.2 Å². The molecule has 0 fully saturated rings. The van der Waals surface area contributed by atoms with Gasteiger partial charge in [0.05, 0.1) is 15.6 Å². The van der Waals surface area contributed by atoms with Gasteiger partial charge in [-0.3, -0.25) is 9.59 Å². The number of hydrogen-bond donors (Lipinski definition) is 2. The lowest BCUT2D eigenvalue weighted by Gasteiger charge is -2.16. The van der Waals surface area contributed by atoms with Gasteiger partial charge >= 0.3 is 0 Å². The highest BCUT2D eigenvalue weighted by Gasteiger charge is 2.39. The van der Waals surface area contributed by atoms with Gasteiger partial charge in [-0.25, -0.2) is 28.0 Å². The highest BCUT2D eigenvalue weighted by molar-refractivity contribution is 7.92. The molecule has 33 heavy (non-hydrogen) atoms. The number of halogens is 2. The molecule has 0 saturated heterocycles. The highest BCUT2D eigenvalue weighted by atomic mass is 35.5. The summed E-state index contributed by atoms with van der Waals surface area (Å²) >= 11 is 12.2. The van der Waals surface area contributed by atoms with E-state index in [-0.39, 0.29) is 32.3 Å². The van der Waals surface area contributed by atoms with Crippen molar-refractivity contribution in [3.63, 3.8) is 0 Å². The van der Waals surface area contributed by atoms with Crippen molar-refractivity contribution < 1.29 is 18.0 Å². The number of para-hydroxylation sites is 1. The van der Waals surface area contributed by atoms with Crippen LogP contribution in [0.5, 0.6) is 0 Å². The fraction of sp³-hybridized carbons (Fsp3) is 0.0476. The van der Waals surface area contributed by atoms with Crippen molar-refractivity contribution in [1.82, 2.24) is 9.97 Å². The molecule has 2 N–H and O–H groups in total. The number of aryl methyl sites for hydroxylation is 1. The zero-order valence-corrected chi connectivity index (χ0v) is 19.2. The number of aromatic nitrogens is 2. The van der Waals surface area contributed by atoms with Crippen LogP contribution in [0.2, 0.25) is 5.02 Å². The van der Waals surface area contributed by atoms with E-state index < -0.39 is 21.8 Å².